The second kappa shape index (κ2) is 8.37. The standard InChI is InChI=1S/C21H23NO2/c1-23-14-15-24-20-10-5-9-19(16-20)22-13-12-18-8-4-7-17-6-2-3-11-21(17)18/h2-11,16,22H,12-15H2,1H3. The summed E-state index contributed by atoms with van der Waals surface area (Å²) in [5, 5.41) is 6.10. The molecule has 24 heavy (non-hydrogen) atoms. The van der Waals surface area contributed by atoms with Crippen LogP contribution in [0.1, 0.15) is 5.56 Å². The highest BCUT2D eigenvalue weighted by Gasteiger charge is 2.01. The van der Waals surface area contributed by atoms with Crippen LogP contribution in [0.25, 0.3) is 10.8 Å². The number of hydrogen-bond acceptors (Lipinski definition) is 3. The van der Waals surface area contributed by atoms with Crippen LogP contribution < -0.4 is 10.1 Å². The van der Waals surface area contributed by atoms with Gasteiger partial charge >= 0.3 is 0 Å². The fraction of sp³-hybridized carbons (Fsp3) is 0.238. The number of rotatable bonds is 8. The third kappa shape index (κ3) is 4.27. The van der Waals surface area contributed by atoms with Crippen molar-refractivity contribution in [3.8, 4) is 5.75 Å². The van der Waals surface area contributed by atoms with Crippen LogP contribution in [0.5, 0.6) is 5.75 Å². The summed E-state index contributed by atoms with van der Waals surface area (Å²) in [5.41, 5.74) is 2.44. The number of nitrogens with one attached hydrogen (secondary N) is 1. The van der Waals surface area contributed by atoms with Crippen molar-refractivity contribution in [3.05, 3.63) is 72.3 Å². The maximum absolute atomic E-state index is 5.64. The molecule has 0 bridgehead atoms. The highest BCUT2D eigenvalue weighted by molar-refractivity contribution is 5.85. The molecule has 0 aliphatic heterocycles. The van der Waals surface area contributed by atoms with Crippen molar-refractivity contribution in [2.45, 2.75) is 6.42 Å². The van der Waals surface area contributed by atoms with Crippen LogP contribution in [0, 0.1) is 0 Å². The molecular formula is C21H23NO2. The van der Waals surface area contributed by atoms with E-state index in [1.165, 1.54) is 16.3 Å². The van der Waals surface area contributed by atoms with Crippen LogP contribution in [0.15, 0.2) is 66.7 Å². The Morgan fingerprint density at radius 3 is 2.62 bits per heavy atom. The highest BCUT2D eigenvalue weighted by atomic mass is 16.5. The van der Waals surface area contributed by atoms with E-state index in [1.54, 1.807) is 7.11 Å². The molecule has 0 radical (unpaired) electrons. The van der Waals surface area contributed by atoms with Gasteiger partial charge in [-0.15, -0.1) is 0 Å². The molecule has 0 saturated heterocycles. The van der Waals surface area contributed by atoms with E-state index >= 15 is 0 Å². The Hall–Kier alpha value is -2.52. The first-order valence-electron chi connectivity index (χ1n) is 8.29. The molecule has 0 aliphatic rings. The largest absolute Gasteiger partial charge is 0.491 e. The molecule has 3 aromatic carbocycles. The van der Waals surface area contributed by atoms with Gasteiger partial charge in [-0.2, -0.15) is 0 Å². The van der Waals surface area contributed by atoms with E-state index in [-0.39, 0.29) is 0 Å². The Balaban J connectivity index is 1.59. The van der Waals surface area contributed by atoms with Crippen LogP contribution in [-0.4, -0.2) is 26.9 Å². The van der Waals surface area contributed by atoms with Gasteiger partial charge in [0.05, 0.1) is 6.61 Å². The summed E-state index contributed by atoms with van der Waals surface area (Å²) in [5.74, 6) is 0.863. The average molecular weight is 321 g/mol. The van der Waals surface area contributed by atoms with Crippen LogP contribution >= 0.6 is 0 Å². The van der Waals surface area contributed by atoms with Crippen molar-refractivity contribution >= 4 is 16.5 Å². The molecule has 1 N–H and O–H groups in total. The second-order valence-corrected chi connectivity index (χ2v) is 5.68. The SMILES string of the molecule is COCCOc1cccc(NCCc2cccc3ccccc23)c1. The maximum Gasteiger partial charge on any atom is 0.121 e. The summed E-state index contributed by atoms with van der Waals surface area (Å²) in [6.07, 6.45) is 0.982. The summed E-state index contributed by atoms with van der Waals surface area (Å²) >= 11 is 0. The van der Waals surface area contributed by atoms with Crippen molar-refractivity contribution < 1.29 is 9.47 Å². The molecule has 0 heterocycles. The molecule has 0 fully saturated rings. The molecule has 3 aromatic rings. The fourth-order valence-corrected chi connectivity index (χ4v) is 2.79. The minimum atomic E-state index is 0.565. The van der Waals surface area contributed by atoms with Crippen LogP contribution in [0.4, 0.5) is 5.69 Å². The van der Waals surface area contributed by atoms with E-state index in [0.29, 0.717) is 13.2 Å². The van der Waals surface area contributed by atoms with Gasteiger partial charge in [0.15, 0.2) is 0 Å². The first-order chi connectivity index (χ1) is 11.9. The Morgan fingerprint density at radius 1 is 0.875 bits per heavy atom. The number of methoxy groups -OCH3 is 1. The summed E-state index contributed by atoms with van der Waals surface area (Å²) < 4.78 is 10.6. The van der Waals surface area contributed by atoms with E-state index < -0.39 is 0 Å². The van der Waals surface area contributed by atoms with Gasteiger partial charge in [0, 0.05) is 25.4 Å². The van der Waals surface area contributed by atoms with Gasteiger partial charge in [-0.05, 0) is 34.9 Å². The molecule has 3 nitrogen and oxygen atoms in total. The predicted molar refractivity (Wildman–Crippen MR) is 100.0 cm³/mol. The number of anilines is 1. The quantitative estimate of drug-likeness (QED) is 0.619. The zero-order valence-corrected chi connectivity index (χ0v) is 14.0. The topological polar surface area (TPSA) is 30.5 Å². The fourth-order valence-electron chi connectivity index (χ4n) is 2.79. The maximum atomic E-state index is 5.64. The van der Waals surface area contributed by atoms with Gasteiger partial charge in [0.2, 0.25) is 0 Å². The molecule has 0 atom stereocenters. The van der Waals surface area contributed by atoms with Gasteiger partial charge < -0.3 is 14.8 Å². The molecule has 0 spiro atoms. The second-order valence-electron chi connectivity index (χ2n) is 5.68. The lowest BCUT2D eigenvalue weighted by Gasteiger charge is -2.11. The Bertz CT molecular complexity index is 780. The van der Waals surface area contributed by atoms with Gasteiger partial charge in [0.25, 0.3) is 0 Å². The average Bonchev–Trinajstić information content (AvgIpc) is 2.63. The van der Waals surface area contributed by atoms with E-state index in [1.807, 2.05) is 18.2 Å². The molecule has 3 rings (SSSR count). The molecule has 0 amide bonds. The lowest BCUT2D eigenvalue weighted by atomic mass is 10.0. The third-order valence-electron chi connectivity index (χ3n) is 3.99. The number of benzene rings is 3. The normalized spacial score (nSPS) is 10.7. The first-order valence-corrected chi connectivity index (χ1v) is 8.29. The minimum absolute atomic E-state index is 0.565. The summed E-state index contributed by atoms with van der Waals surface area (Å²) in [4.78, 5) is 0. The molecule has 0 unspecified atom stereocenters. The molecule has 0 aliphatic carbocycles. The Morgan fingerprint density at radius 2 is 1.71 bits per heavy atom. The monoisotopic (exact) mass is 321 g/mol. The highest BCUT2D eigenvalue weighted by Crippen LogP contribution is 2.20. The van der Waals surface area contributed by atoms with Crippen molar-refractivity contribution in [1.29, 1.82) is 0 Å². The summed E-state index contributed by atoms with van der Waals surface area (Å²) in [6.45, 7) is 2.05. The number of hydrogen-bond donors (Lipinski definition) is 1. The lowest BCUT2D eigenvalue weighted by molar-refractivity contribution is 0.146. The summed E-state index contributed by atoms with van der Waals surface area (Å²) in [7, 11) is 1.68. The molecular weight excluding hydrogens is 298 g/mol. The van der Waals surface area contributed by atoms with Gasteiger partial charge in [-0.25, -0.2) is 0 Å². The summed E-state index contributed by atoms with van der Waals surface area (Å²) in [6, 6.07) is 23.1. The number of ether oxygens (including phenoxy) is 2. The Kier molecular flexibility index (Phi) is 5.70. The zero-order valence-electron chi connectivity index (χ0n) is 14.0. The lowest BCUT2D eigenvalue weighted by Crippen LogP contribution is -2.06. The van der Waals surface area contributed by atoms with Crippen molar-refractivity contribution in [2.75, 3.05) is 32.2 Å². The van der Waals surface area contributed by atoms with Crippen LogP contribution in [0.2, 0.25) is 0 Å². The zero-order chi connectivity index (χ0) is 16.6. The first kappa shape index (κ1) is 16.3. The van der Waals surface area contributed by atoms with Gasteiger partial charge in [-0.3, -0.25) is 0 Å². The number of fused-ring (bicyclic) bond motifs is 1. The van der Waals surface area contributed by atoms with Gasteiger partial charge in [0.1, 0.15) is 12.4 Å². The van der Waals surface area contributed by atoms with E-state index in [9.17, 15) is 0 Å². The minimum Gasteiger partial charge on any atom is -0.491 e. The van der Waals surface area contributed by atoms with E-state index in [2.05, 4.69) is 53.8 Å². The Labute approximate surface area is 143 Å². The van der Waals surface area contributed by atoms with Crippen molar-refractivity contribution in [1.82, 2.24) is 0 Å². The van der Waals surface area contributed by atoms with Crippen molar-refractivity contribution in [2.24, 2.45) is 0 Å². The van der Waals surface area contributed by atoms with Crippen LogP contribution in [-0.2, 0) is 11.2 Å². The molecule has 0 aromatic heterocycles. The van der Waals surface area contributed by atoms with E-state index in [4.69, 9.17) is 9.47 Å². The smallest absolute Gasteiger partial charge is 0.121 e. The van der Waals surface area contributed by atoms with Crippen molar-refractivity contribution in [3.63, 3.8) is 0 Å². The molecule has 3 heteroatoms. The van der Waals surface area contributed by atoms with Gasteiger partial charge in [-0.1, -0.05) is 48.5 Å². The predicted octanol–water partition coefficient (Wildman–Crippen LogP) is 4.52. The third-order valence-corrected chi connectivity index (χ3v) is 3.99. The molecule has 124 valence electrons. The molecule has 0 saturated carbocycles. The van der Waals surface area contributed by atoms with E-state index in [0.717, 1.165) is 24.4 Å². The van der Waals surface area contributed by atoms with Crippen LogP contribution in [0.3, 0.4) is 0 Å².